The first kappa shape index (κ1) is 20.7. The van der Waals surface area contributed by atoms with Gasteiger partial charge in [-0.25, -0.2) is 4.39 Å². The average Bonchev–Trinajstić information content (AvgIpc) is 3.27. The molecule has 1 aliphatic heterocycles. The van der Waals surface area contributed by atoms with Gasteiger partial charge >= 0.3 is 5.97 Å². The van der Waals surface area contributed by atoms with E-state index in [0.29, 0.717) is 29.8 Å². The Morgan fingerprint density at radius 1 is 1.17 bits per heavy atom. The maximum absolute atomic E-state index is 13.0. The van der Waals surface area contributed by atoms with E-state index in [0.717, 1.165) is 0 Å². The van der Waals surface area contributed by atoms with Gasteiger partial charge in [-0.05, 0) is 48.6 Å². The summed E-state index contributed by atoms with van der Waals surface area (Å²) in [6, 6.07) is 8.47. The SMILES string of the molecule is O=C(COC(=O)C1CCCN(C(=O)c2ccc(F)cc2)C1)NC(=O)c1cccs1. The third-order valence-electron chi connectivity index (χ3n) is 4.48. The van der Waals surface area contributed by atoms with Crippen molar-refractivity contribution in [3.05, 3.63) is 58.0 Å². The van der Waals surface area contributed by atoms with E-state index in [1.165, 1.54) is 40.5 Å². The molecule has 2 aromatic rings. The molecular weight excluding hydrogens is 399 g/mol. The summed E-state index contributed by atoms with van der Waals surface area (Å²) in [4.78, 5) is 50.3. The molecule has 1 N–H and O–H groups in total. The Hall–Kier alpha value is -3.07. The Bertz CT molecular complexity index is 898. The van der Waals surface area contributed by atoms with Crippen molar-refractivity contribution < 1.29 is 28.3 Å². The number of rotatable bonds is 5. The third-order valence-corrected chi connectivity index (χ3v) is 5.35. The molecule has 152 valence electrons. The molecule has 3 amide bonds. The summed E-state index contributed by atoms with van der Waals surface area (Å²) in [5, 5.41) is 3.86. The molecule has 0 spiro atoms. The highest BCUT2D eigenvalue weighted by Crippen LogP contribution is 2.20. The lowest BCUT2D eigenvalue weighted by atomic mass is 9.97. The van der Waals surface area contributed by atoms with Crippen LogP contribution in [0.3, 0.4) is 0 Å². The summed E-state index contributed by atoms with van der Waals surface area (Å²) >= 11 is 1.19. The second kappa shape index (κ2) is 9.42. The van der Waals surface area contributed by atoms with E-state index in [1.54, 1.807) is 17.5 Å². The number of benzene rings is 1. The predicted octanol–water partition coefficient (Wildman–Crippen LogP) is 2.24. The van der Waals surface area contributed by atoms with Crippen LogP contribution in [0.5, 0.6) is 0 Å². The Morgan fingerprint density at radius 3 is 2.62 bits per heavy atom. The Morgan fingerprint density at radius 2 is 1.93 bits per heavy atom. The lowest BCUT2D eigenvalue weighted by Gasteiger charge is -2.31. The molecule has 1 unspecified atom stereocenters. The number of hydrogen-bond acceptors (Lipinski definition) is 6. The van der Waals surface area contributed by atoms with Crippen LogP contribution >= 0.6 is 11.3 Å². The highest BCUT2D eigenvalue weighted by Gasteiger charge is 2.30. The minimum absolute atomic E-state index is 0.158. The number of amides is 3. The first-order valence-electron chi connectivity index (χ1n) is 9.03. The number of carbonyl (C=O) groups excluding carboxylic acids is 4. The first-order valence-corrected chi connectivity index (χ1v) is 9.91. The molecule has 0 aliphatic carbocycles. The van der Waals surface area contributed by atoms with Crippen molar-refractivity contribution in [2.24, 2.45) is 5.92 Å². The summed E-state index contributed by atoms with van der Waals surface area (Å²) in [5.74, 6) is -3.14. The zero-order valence-corrected chi connectivity index (χ0v) is 16.2. The fraction of sp³-hybridized carbons (Fsp3) is 0.300. The van der Waals surface area contributed by atoms with Crippen molar-refractivity contribution in [3.8, 4) is 0 Å². The fourth-order valence-electron chi connectivity index (χ4n) is 3.02. The summed E-state index contributed by atoms with van der Waals surface area (Å²) in [6.45, 7) is 0.0684. The van der Waals surface area contributed by atoms with Gasteiger partial charge in [-0.3, -0.25) is 24.5 Å². The molecule has 1 saturated heterocycles. The summed E-state index contributed by atoms with van der Waals surface area (Å²) in [6.07, 6.45) is 1.14. The van der Waals surface area contributed by atoms with Crippen LogP contribution in [-0.2, 0) is 14.3 Å². The standard InChI is InChI=1S/C20H19FN2O5S/c21-15-7-5-13(6-8-15)19(26)23-9-1-3-14(11-23)20(27)28-12-17(24)22-18(25)16-4-2-10-29-16/h2,4-8,10,14H,1,3,9,11-12H2,(H,22,24,25). The van der Waals surface area contributed by atoms with Crippen LogP contribution < -0.4 is 5.32 Å². The van der Waals surface area contributed by atoms with Gasteiger partial charge < -0.3 is 9.64 Å². The van der Waals surface area contributed by atoms with Crippen LogP contribution in [0.2, 0.25) is 0 Å². The van der Waals surface area contributed by atoms with Gasteiger partial charge in [-0.15, -0.1) is 11.3 Å². The number of thiophene rings is 1. The highest BCUT2D eigenvalue weighted by molar-refractivity contribution is 7.12. The quantitative estimate of drug-likeness (QED) is 0.752. The molecule has 7 nitrogen and oxygen atoms in total. The van der Waals surface area contributed by atoms with Gasteiger partial charge in [0, 0.05) is 18.7 Å². The van der Waals surface area contributed by atoms with E-state index in [-0.39, 0.29) is 12.5 Å². The number of halogens is 1. The van der Waals surface area contributed by atoms with E-state index >= 15 is 0 Å². The van der Waals surface area contributed by atoms with E-state index in [9.17, 15) is 23.6 Å². The summed E-state index contributed by atoms with van der Waals surface area (Å²) in [7, 11) is 0. The van der Waals surface area contributed by atoms with E-state index in [4.69, 9.17) is 4.74 Å². The molecule has 3 rings (SSSR count). The summed E-state index contributed by atoms with van der Waals surface area (Å²) < 4.78 is 18.1. The Labute approximate surface area is 170 Å². The smallest absolute Gasteiger partial charge is 0.311 e. The topological polar surface area (TPSA) is 92.8 Å². The molecule has 1 aliphatic rings. The van der Waals surface area contributed by atoms with Gasteiger partial charge in [0.25, 0.3) is 17.7 Å². The molecule has 1 aromatic heterocycles. The van der Waals surface area contributed by atoms with Crippen LogP contribution in [0.4, 0.5) is 4.39 Å². The Balaban J connectivity index is 1.49. The normalized spacial score (nSPS) is 16.2. The number of imide groups is 1. The minimum Gasteiger partial charge on any atom is -0.455 e. The van der Waals surface area contributed by atoms with Crippen molar-refractivity contribution in [1.82, 2.24) is 10.2 Å². The number of nitrogens with one attached hydrogen (secondary N) is 1. The number of likely N-dealkylation sites (tertiary alicyclic amines) is 1. The van der Waals surface area contributed by atoms with Crippen LogP contribution in [0.15, 0.2) is 41.8 Å². The van der Waals surface area contributed by atoms with Gasteiger partial charge in [0.15, 0.2) is 6.61 Å². The zero-order chi connectivity index (χ0) is 20.8. The largest absolute Gasteiger partial charge is 0.455 e. The number of carbonyl (C=O) groups is 4. The fourth-order valence-corrected chi connectivity index (χ4v) is 3.63. The van der Waals surface area contributed by atoms with Crippen molar-refractivity contribution in [1.29, 1.82) is 0 Å². The number of ether oxygens (including phenoxy) is 1. The Kier molecular flexibility index (Phi) is 6.71. The van der Waals surface area contributed by atoms with Crippen molar-refractivity contribution >= 4 is 35.0 Å². The number of esters is 1. The van der Waals surface area contributed by atoms with Gasteiger partial charge in [0.05, 0.1) is 10.8 Å². The van der Waals surface area contributed by atoms with Crippen molar-refractivity contribution in [3.63, 3.8) is 0 Å². The summed E-state index contributed by atoms with van der Waals surface area (Å²) in [5.41, 5.74) is 0.340. The molecule has 0 saturated carbocycles. The zero-order valence-electron chi connectivity index (χ0n) is 15.4. The lowest BCUT2D eigenvalue weighted by molar-refractivity contribution is -0.153. The van der Waals surface area contributed by atoms with Crippen molar-refractivity contribution in [2.75, 3.05) is 19.7 Å². The number of nitrogens with zero attached hydrogens (tertiary/aromatic N) is 1. The van der Waals surface area contributed by atoms with E-state index < -0.39 is 36.1 Å². The van der Waals surface area contributed by atoms with Crippen LogP contribution in [0, 0.1) is 11.7 Å². The molecule has 1 aromatic carbocycles. The minimum atomic E-state index is -0.716. The van der Waals surface area contributed by atoms with Gasteiger partial charge in [-0.1, -0.05) is 6.07 Å². The molecule has 2 heterocycles. The number of hydrogen-bond donors (Lipinski definition) is 1. The average molecular weight is 418 g/mol. The molecule has 29 heavy (non-hydrogen) atoms. The second-order valence-electron chi connectivity index (χ2n) is 6.56. The number of piperidine rings is 1. The predicted molar refractivity (Wildman–Crippen MR) is 103 cm³/mol. The van der Waals surface area contributed by atoms with Crippen LogP contribution in [-0.4, -0.2) is 48.3 Å². The maximum Gasteiger partial charge on any atom is 0.311 e. The van der Waals surface area contributed by atoms with Crippen LogP contribution in [0.1, 0.15) is 32.9 Å². The third kappa shape index (κ3) is 5.47. The molecule has 0 radical (unpaired) electrons. The molecule has 9 heteroatoms. The monoisotopic (exact) mass is 418 g/mol. The van der Waals surface area contributed by atoms with E-state index in [1.807, 2.05) is 0 Å². The molecular formula is C20H19FN2O5S. The molecule has 1 fully saturated rings. The molecule has 1 atom stereocenters. The van der Waals surface area contributed by atoms with Crippen molar-refractivity contribution in [2.45, 2.75) is 12.8 Å². The van der Waals surface area contributed by atoms with E-state index in [2.05, 4.69) is 5.32 Å². The lowest BCUT2D eigenvalue weighted by Crippen LogP contribution is -2.43. The van der Waals surface area contributed by atoms with Gasteiger partial charge in [0.1, 0.15) is 5.82 Å². The molecule has 0 bridgehead atoms. The van der Waals surface area contributed by atoms with Gasteiger partial charge in [0.2, 0.25) is 0 Å². The maximum atomic E-state index is 13.0. The first-order chi connectivity index (χ1) is 13.9. The van der Waals surface area contributed by atoms with Crippen LogP contribution in [0.25, 0.3) is 0 Å². The second-order valence-corrected chi connectivity index (χ2v) is 7.51. The van der Waals surface area contributed by atoms with Gasteiger partial charge in [-0.2, -0.15) is 0 Å². The highest BCUT2D eigenvalue weighted by atomic mass is 32.1.